The zero-order valence-electron chi connectivity index (χ0n) is 14.2. The fourth-order valence-electron chi connectivity index (χ4n) is 3.57. The molecule has 0 heterocycles. The maximum Gasteiger partial charge on any atom is 0.0462 e. The molecule has 0 aliphatic heterocycles. The van der Waals surface area contributed by atoms with Gasteiger partial charge >= 0.3 is 0 Å². The maximum atomic E-state index is 5.80. The average molecular weight is 288 g/mol. The summed E-state index contributed by atoms with van der Waals surface area (Å²) in [5.41, 5.74) is 6.22. The quantitative estimate of drug-likeness (QED) is 0.576. The Labute approximate surface area is 130 Å². The standard InChI is InChI=1S/C19H32N2/c1-14(13-19(2,3)4)12-18(21-20)17-10-8-16(9-11-17)15-6-5-7-15/h8-11,14-15,18,21H,5-7,12-13,20H2,1-4H3. The van der Waals surface area contributed by atoms with Gasteiger partial charge in [0.25, 0.3) is 0 Å². The summed E-state index contributed by atoms with van der Waals surface area (Å²) in [6, 6.07) is 9.40. The first-order valence-corrected chi connectivity index (χ1v) is 8.45. The Balaban J connectivity index is 1.96. The molecule has 2 atom stereocenters. The van der Waals surface area contributed by atoms with Crippen LogP contribution >= 0.6 is 0 Å². The number of hydrogen-bond donors (Lipinski definition) is 2. The van der Waals surface area contributed by atoms with Crippen LogP contribution < -0.4 is 11.3 Å². The van der Waals surface area contributed by atoms with E-state index in [1.807, 2.05) is 0 Å². The van der Waals surface area contributed by atoms with Crippen LogP contribution in [-0.2, 0) is 0 Å². The smallest absolute Gasteiger partial charge is 0.0462 e. The van der Waals surface area contributed by atoms with Gasteiger partial charge in [-0.15, -0.1) is 0 Å². The molecule has 1 aromatic carbocycles. The lowest BCUT2D eigenvalue weighted by molar-refractivity contribution is 0.276. The second kappa shape index (κ2) is 6.93. The van der Waals surface area contributed by atoms with Gasteiger partial charge in [-0.05, 0) is 54.1 Å². The summed E-state index contributed by atoms with van der Waals surface area (Å²) in [4.78, 5) is 0. The first-order valence-electron chi connectivity index (χ1n) is 8.45. The Morgan fingerprint density at radius 3 is 2.24 bits per heavy atom. The molecule has 1 aliphatic rings. The van der Waals surface area contributed by atoms with Gasteiger partial charge in [0.05, 0.1) is 0 Å². The second-order valence-corrected chi connectivity index (χ2v) is 8.12. The first-order chi connectivity index (χ1) is 9.89. The number of nitrogens with one attached hydrogen (secondary N) is 1. The molecule has 0 bridgehead atoms. The van der Waals surface area contributed by atoms with Crippen molar-refractivity contribution >= 4 is 0 Å². The van der Waals surface area contributed by atoms with Gasteiger partial charge in [0.2, 0.25) is 0 Å². The van der Waals surface area contributed by atoms with Crippen molar-refractivity contribution in [3.63, 3.8) is 0 Å². The van der Waals surface area contributed by atoms with Gasteiger partial charge in [0.1, 0.15) is 0 Å². The van der Waals surface area contributed by atoms with Gasteiger partial charge in [-0.25, -0.2) is 0 Å². The van der Waals surface area contributed by atoms with Gasteiger partial charge in [-0.3, -0.25) is 11.3 Å². The molecule has 0 amide bonds. The normalized spacial score (nSPS) is 19.1. The molecular formula is C19H32N2. The Morgan fingerprint density at radius 2 is 1.81 bits per heavy atom. The Hall–Kier alpha value is -0.860. The summed E-state index contributed by atoms with van der Waals surface area (Å²) in [5.74, 6) is 7.27. The molecule has 1 aromatic rings. The number of nitrogens with two attached hydrogens (primary N) is 1. The fraction of sp³-hybridized carbons (Fsp3) is 0.684. The highest BCUT2D eigenvalue weighted by Gasteiger charge is 2.21. The third kappa shape index (κ3) is 4.82. The van der Waals surface area contributed by atoms with Crippen molar-refractivity contribution in [3.05, 3.63) is 35.4 Å². The molecule has 2 unspecified atom stereocenters. The predicted octanol–water partition coefficient (Wildman–Crippen LogP) is 4.92. The van der Waals surface area contributed by atoms with Crippen LogP contribution in [0.3, 0.4) is 0 Å². The predicted molar refractivity (Wildman–Crippen MR) is 91.0 cm³/mol. The number of hydrazine groups is 1. The number of benzene rings is 1. The van der Waals surface area contributed by atoms with E-state index in [2.05, 4.69) is 57.4 Å². The van der Waals surface area contributed by atoms with E-state index in [1.165, 1.54) is 36.8 Å². The largest absolute Gasteiger partial charge is 0.271 e. The zero-order chi connectivity index (χ0) is 15.5. The molecule has 21 heavy (non-hydrogen) atoms. The van der Waals surface area contributed by atoms with Gasteiger partial charge < -0.3 is 0 Å². The lowest BCUT2D eigenvalue weighted by atomic mass is 9.79. The average Bonchev–Trinajstić information content (AvgIpc) is 2.33. The van der Waals surface area contributed by atoms with Gasteiger partial charge in [0, 0.05) is 6.04 Å². The Morgan fingerprint density at radius 1 is 1.19 bits per heavy atom. The Kier molecular flexibility index (Phi) is 5.45. The maximum absolute atomic E-state index is 5.80. The minimum Gasteiger partial charge on any atom is -0.271 e. The summed E-state index contributed by atoms with van der Waals surface area (Å²) >= 11 is 0. The molecule has 1 aliphatic carbocycles. The van der Waals surface area contributed by atoms with Crippen LogP contribution in [0.2, 0.25) is 0 Å². The lowest BCUT2D eigenvalue weighted by Crippen LogP contribution is -2.30. The highest BCUT2D eigenvalue weighted by molar-refractivity contribution is 5.28. The highest BCUT2D eigenvalue weighted by Crippen LogP contribution is 2.37. The Bertz CT molecular complexity index is 426. The van der Waals surface area contributed by atoms with Crippen LogP contribution in [0.15, 0.2) is 24.3 Å². The van der Waals surface area contributed by atoms with Crippen LogP contribution in [0.5, 0.6) is 0 Å². The third-order valence-electron chi connectivity index (χ3n) is 4.72. The molecule has 2 rings (SSSR count). The summed E-state index contributed by atoms with van der Waals surface area (Å²) in [6.07, 6.45) is 6.44. The third-order valence-corrected chi connectivity index (χ3v) is 4.72. The molecule has 0 radical (unpaired) electrons. The summed E-state index contributed by atoms with van der Waals surface area (Å²) in [6.45, 7) is 9.25. The van der Waals surface area contributed by atoms with Crippen molar-refractivity contribution < 1.29 is 0 Å². The van der Waals surface area contributed by atoms with Gasteiger partial charge in [-0.1, -0.05) is 58.4 Å². The fourth-order valence-corrected chi connectivity index (χ4v) is 3.57. The van der Waals surface area contributed by atoms with Crippen LogP contribution in [0, 0.1) is 11.3 Å². The lowest BCUT2D eigenvalue weighted by Gasteiger charge is -2.28. The van der Waals surface area contributed by atoms with Crippen molar-refractivity contribution in [2.75, 3.05) is 0 Å². The molecule has 1 fully saturated rings. The monoisotopic (exact) mass is 288 g/mol. The topological polar surface area (TPSA) is 38.0 Å². The van der Waals surface area contributed by atoms with Crippen molar-refractivity contribution in [1.82, 2.24) is 5.43 Å². The van der Waals surface area contributed by atoms with E-state index in [-0.39, 0.29) is 6.04 Å². The SMILES string of the molecule is CC(CC(NN)c1ccc(C2CCC2)cc1)CC(C)(C)C. The van der Waals surface area contributed by atoms with Gasteiger partial charge in [0.15, 0.2) is 0 Å². The van der Waals surface area contributed by atoms with E-state index in [4.69, 9.17) is 5.84 Å². The van der Waals surface area contributed by atoms with Crippen molar-refractivity contribution in [2.45, 2.75) is 71.8 Å². The molecule has 0 aromatic heterocycles. The highest BCUT2D eigenvalue weighted by atomic mass is 15.2. The zero-order valence-corrected chi connectivity index (χ0v) is 14.2. The molecular weight excluding hydrogens is 256 g/mol. The second-order valence-electron chi connectivity index (χ2n) is 8.12. The van der Waals surface area contributed by atoms with E-state index in [1.54, 1.807) is 0 Å². The molecule has 3 N–H and O–H groups in total. The van der Waals surface area contributed by atoms with Crippen molar-refractivity contribution in [1.29, 1.82) is 0 Å². The van der Waals surface area contributed by atoms with Crippen molar-refractivity contribution in [3.8, 4) is 0 Å². The van der Waals surface area contributed by atoms with Crippen LogP contribution in [0.1, 0.15) is 82.9 Å². The molecule has 0 saturated heterocycles. The minimum absolute atomic E-state index is 0.262. The van der Waals surface area contributed by atoms with E-state index in [9.17, 15) is 0 Å². The van der Waals surface area contributed by atoms with E-state index < -0.39 is 0 Å². The van der Waals surface area contributed by atoms with E-state index >= 15 is 0 Å². The van der Waals surface area contributed by atoms with Gasteiger partial charge in [-0.2, -0.15) is 0 Å². The molecule has 1 saturated carbocycles. The first kappa shape index (κ1) is 16.5. The number of rotatable bonds is 6. The molecule has 118 valence electrons. The molecule has 2 heteroatoms. The number of hydrogen-bond acceptors (Lipinski definition) is 2. The summed E-state index contributed by atoms with van der Waals surface area (Å²) in [5, 5.41) is 0. The van der Waals surface area contributed by atoms with Crippen LogP contribution in [0.4, 0.5) is 0 Å². The van der Waals surface area contributed by atoms with Crippen LogP contribution in [0.25, 0.3) is 0 Å². The van der Waals surface area contributed by atoms with Crippen LogP contribution in [-0.4, -0.2) is 0 Å². The molecule has 2 nitrogen and oxygen atoms in total. The molecule has 0 spiro atoms. The van der Waals surface area contributed by atoms with E-state index in [0.29, 0.717) is 11.3 Å². The van der Waals surface area contributed by atoms with E-state index in [0.717, 1.165) is 12.3 Å². The summed E-state index contributed by atoms with van der Waals surface area (Å²) in [7, 11) is 0. The minimum atomic E-state index is 0.262. The summed E-state index contributed by atoms with van der Waals surface area (Å²) < 4.78 is 0. The van der Waals surface area contributed by atoms with Crippen molar-refractivity contribution in [2.24, 2.45) is 17.2 Å².